The number of rotatable bonds is 5. The molecule has 0 aromatic heterocycles. The quantitative estimate of drug-likeness (QED) is 0.860. The second kappa shape index (κ2) is 7.79. The van der Waals surface area contributed by atoms with Crippen LogP contribution in [-0.2, 0) is 6.54 Å². The lowest BCUT2D eigenvalue weighted by Crippen LogP contribution is -2.36. The Balaban J connectivity index is 2.29. The van der Waals surface area contributed by atoms with Crippen LogP contribution in [0.2, 0.25) is 0 Å². The summed E-state index contributed by atoms with van der Waals surface area (Å²) in [5, 5.41) is 3.36. The van der Waals surface area contributed by atoms with Crippen molar-refractivity contribution < 1.29 is 4.39 Å². The molecule has 0 saturated carbocycles. The molecule has 3 heteroatoms. The zero-order valence-electron chi connectivity index (χ0n) is 13.7. The monoisotopic (exact) mass is 292 g/mol. The summed E-state index contributed by atoms with van der Waals surface area (Å²) in [4.78, 5) is 2.45. The zero-order chi connectivity index (χ0) is 15.2. The maximum absolute atomic E-state index is 14.3. The first-order chi connectivity index (χ1) is 10.1. The summed E-state index contributed by atoms with van der Waals surface area (Å²) in [6.07, 6.45) is 6.16. The molecule has 0 radical (unpaired) electrons. The molecule has 0 spiro atoms. The Morgan fingerprint density at radius 3 is 2.81 bits per heavy atom. The minimum absolute atomic E-state index is 0.0836. The molecule has 0 amide bonds. The van der Waals surface area contributed by atoms with Gasteiger partial charge in [0, 0.05) is 36.4 Å². The third-order valence-corrected chi connectivity index (χ3v) is 4.44. The van der Waals surface area contributed by atoms with Crippen LogP contribution in [0.5, 0.6) is 0 Å². The highest BCUT2D eigenvalue weighted by Gasteiger charge is 2.23. The van der Waals surface area contributed by atoms with E-state index >= 15 is 0 Å². The zero-order valence-corrected chi connectivity index (χ0v) is 13.7. The molecule has 1 saturated heterocycles. The second-order valence-electron chi connectivity index (χ2n) is 6.38. The van der Waals surface area contributed by atoms with E-state index in [9.17, 15) is 4.39 Å². The van der Waals surface area contributed by atoms with E-state index in [1.807, 2.05) is 6.07 Å². The van der Waals surface area contributed by atoms with Gasteiger partial charge in [0.2, 0.25) is 0 Å². The van der Waals surface area contributed by atoms with E-state index in [-0.39, 0.29) is 5.82 Å². The Morgan fingerprint density at radius 2 is 2.10 bits per heavy atom. The Morgan fingerprint density at radius 1 is 1.29 bits per heavy atom. The van der Waals surface area contributed by atoms with Crippen LogP contribution in [0, 0.1) is 5.82 Å². The summed E-state index contributed by atoms with van der Waals surface area (Å²) < 4.78 is 14.3. The predicted octanol–water partition coefficient (Wildman–Crippen LogP) is 4.48. The number of hydrogen-bond acceptors (Lipinski definition) is 2. The molecule has 1 unspecified atom stereocenters. The van der Waals surface area contributed by atoms with Gasteiger partial charge >= 0.3 is 0 Å². The van der Waals surface area contributed by atoms with Gasteiger partial charge in [-0.1, -0.05) is 39.7 Å². The predicted molar refractivity (Wildman–Crippen MR) is 88.3 cm³/mol. The van der Waals surface area contributed by atoms with Crippen molar-refractivity contribution in [2.45, 2.75) is 71.5 Å². The summed E-state index contributed by atoms with van der Waals surface area (Å²) in [5.74, 6) is -0.0836. The molecule has 21 heavy (non-hydrogen) atoms. The van der Waals surface area contributed by atoms with Crippen LogP contribution in [0.3, 0.4) is 0 Å². The van der Waals surface area contributed by atoms with Crippen LogP contribution < -0.4 is 10.2 Å². The normalized spacial score (nSPS) is 19.9. The molecule has 2 rings (SSSR count). The number of halogens is 1. The first-order valence-electron chi connectivity index (χ1n) is 8.41. The van der Waals surface area contributed by atoms with Gasteiger partial charge in [0.05, 0.1) is 0 Å². The van der Waals surface area contributed by atoms with Crippen molar-refractivity contribution in [1.29, 1.82) is 0 Å². The fourth-order valence-corrected chi connectivity index (χ4v) is 3.22. The van der Waals surface area contributed by atoms with Crippen LogP contribution >= 0.6 is 0 Å². The lowest BCUT2D eigenvalue weighted by atomic mass is 10.0. The molecule has 1 aliphatic heterocycles. The number of nitrogens with zero attached hydrogens (tertiary/aromatic N) is 1. The molecule has 1 heterocycles. The Bertz CT molecular complexity index is 445. The van der Waals surface area contributed by atoms with Crippen molar-refractivity contribution in [3.05, 3.63) is 29.6 Å². The van der Waals surface area contributed by atoms with E-state index in [1.54, 1.807) is 6.07 Å². The molecule has 1 atom stereocenters. The average molecular weight is 292 g/mol. The first kappa shape index (κ1) is 16.3. The summed E-state index contributed by atoms with van der Waals surface area (Å²) in [7, 11) is 0. The van der Waals surface area contributed by atoms with Crippen LogP contribution in [0.25, 0.3) is 0 Å². The maximum Gasteiger partial charge on any atom is 0.129 e. The smallest absolute Gasteiger partial charge is 0.129 e. The highest BCUT2D eigenvalue weighted by molar-refractivity contribution is 5.55. The first-order valence-corrected chi connectivity index (χ1v) is 8.41. The Kier molecular flexibility index (Phi) is 6.04. The third kappa shape index (κ3) is 4.19. The largest absolute Gasteiger partial charge is 0.368 e. The Hall–Kier alpha value is -1.09. The van der Waals surface area contributed by atoms with Gasteiger partial charge in [-0.15, -0.1) is 0 Å². The minimum atomic E-state index is -0.0836. The number of nitrogens with one attached hydrogen (secondary N) is 1. The van der Waals surface area contributed by atoms with Crippen molar-refractivity contribution >= 4 is 5.69 Å². The van der Waals surface area contributed by atoms with Crippen molar-refractivity contribution in [3.8, 4) is 0 Å². The van der Waals surface area contributed by atoms with Crippen molar-refractivity contribution in [1.82, 2.24) is 5.32 Å². The van der Waals surface area contributed by atoms with Crippen LogP contribution in [0.4, 0.5) is 10.1 Å². The van der Waals surface area contributed by atoms with Gasteiger partial charge in [-0.3, -0.25) is 0 Å². The van der Waals surface area contributed by atoms with Gasteiger partial charge in [0.25, 0.3) is 0 Å². The van der Waals surface area contributed by atoms with E-state index in [0.717, 1.165) is 24.2 Å². The highest BCUT2D eigenvalue weighted by Crippen LogP contribution is 2.30. The van der Waals surface area contributed by atoms with E-state index in [4.69, 9.17) is 0 Å². The SMILES string of the molecule is CCC1CCCCCN1c1cccc(F)c1CNC(C)C. The molecule has 1 N–H and O–H groups in total. The van der Waals surface area contributed by atoms with Crippen molar-refractivity contribution in [2.75, 3.05) is 11.4 Å². The lowest BCUT2D eigenvalue weighted by Gasteiger charge is -2.33. The molecule has 1 aromatic carbocycles. The van der Waals surface area contributed by atoms with E-state index in [0.29, 0.717) is 18.6 Å². The minimum Gasteiger partial charge on any atom is -0.368 e. The van der Waals surface area contributed by atoms with E-state index < -0.39 is 0 Å². The fourth-order valence-electron chi connectivity index (χ4n) is 3.22. The molecular formula is C18H29FN2. The molecule has 1 fully saturated rings. The molecular weight excluding hydrogens is 263 g/mol. The van der Waals surface area contributed by atoms with Gasteiger partial charge in [0.15, 0.2) is 0 Å². The van der Waals surface area contributed by atoms with Crippen molar-refractivity contribution in [2.24, 2.45) is 0 Å². The second-order valence-corrected chi connectivity index (χ2v) is 6.38. The fraction of sp³-hybridized carbons (Fsp3) is 0.667. The van der Waals surface area contributed by atoms with Crippen LogP contribution in [-0.4, -0.2) is 18.6 Å². The van der Waals surface area contributed by atoms with Gasteiger partial charge in [0.1, 0.15) is 5.82 Å². The molecule has 1 aromatic rings. The van der Waals surface area contributed by atoms with Gasteiger partial charge in [-0.2, -0.15) is 0 Å². The van der Waals surface area contributed by atoms with E-state index in [2.05, 4.69) is 37.1 Å². The number of benzene rings is 1. The summed E-state index contributed by atoms with van der Waals surface area (Å²) in [6, 6.07) is 6.44. The number of hydrogen-bond donors (Lipinski definition) is 1. The highest BCUT2D eigenvalue weighted by atomic mass is 19.1. The topological polar surface area (TPSA) is 15.3 Å². The number of anilines is 1. The lowest BCUT2D eigenvalue weighted by molar-refractivity contribution is 0.534. The van der Waals surface area contributed by atoms with Gasteiger partial charge in [-0.25, -0.2) is 4.39 Å². The third-order valence-electron chi connectivity index (χ3n) is 4.44. The maximum atomic E-state index is 14.3. The van der Waals surface area contributed by atoms with Gasteiger partial charge in [-0.05, 0) is 31.4 Å². The molecule has 0 bridgehead atoms. The van der Waals surface area contributed by atoms with Crippen LogP contribution in [0.1, 0.15) is 58.4 Å². The Labute approximate surface area is 128 Å². The van der Waals surface area contributed by atoms with Crippen LogP contribution in [0.15, 0.2) is 18.2 Å². The molecule has 0 aliphatic carbocycles. The summed E-state index contributed by atoms with van der Waals surface area (Å²) in [6.45, 7) is 8.10. The summed E-state index contributed by atoms with van der Waals surface area (Å²) >= 11 is 0. The standard InChI is InChI=1S/C18H29FN2/c1-4-15-9-6-5-7-12-21(15)18-11-8-10-17(19)16(18)13-20-14(2)3/h8,10-11,14-15,20H,4-7,9,12-13H2,1-3H3. The average Bonchev–Trinajstić information content (AvgIpc) is 2.70. The molecule has 118 valence electrons. The summed E-state index contributed by atoms with van der Waals surface area (Å²) in [5.41, 5.74) is 1.92. The molecule has 2 nitrogen and oxygen atoms in total. The van der Waals surface area contributed by atoms with Crippen molar-refractivity contribution in [3.63, 3.8) is 0 Å². The van der Waals surface area contributed by atoms with Gasteiger partial charge < -0.3 is 10.2 Å². The van der Waals surface area contributed by atoms with E-state index in [1.165, 1.54) is 25.7 Å². The molecule has 1 aliphatic rings.